The fourth-order valence-corrected chi connectivity index (χ4v) is 4.87. The van der Waals surface area contributed by atoms with Crippen molar-refractivity contribution in [3.8, 4) is 0 Å². The van der Waals surface area contributed by atoms with Crippen molar-refractivity contribution in [2.45, 2.75) is 12.6 Å². The number of nitrogens with zero attached hydrogens (tertiary/aromatic N) is 5. The molecule has 0 spiro atoms. The van der Waals surface area contributed by atoms with Crippen molar-refractivity contribution in [2.24, 2.45) is 0 Å². The number of hydrogen-bond acceptors (Lipinski definition) is 5. The molecule has 162 valence electrons. The van der Waals surface area contributed by atoms with Gasteiger partial charge in [0.25, 0.3) is 5.91 Å². The van der Waals surface area contributed by atoms with Crippen molar-refractivity contribution in [1.82, 2.24) is 24.1 Å². The molecular formula is C22H19ClN6O2S. The lowest BCUT2D eigenvalue weighted by Crippen LogP contribution is -2.44. The zero-order chi connectivity index (χ0) is 22.1. The Hall–Kier alpha value is -3.30. The Balaban J connectivity index is 1.25. The van der Waals surface area contributed by atoms with Crippen LogP contribution in [0.5, 0.6) is 0 Å². The average Bonchev–Trinajstić information content (AvgIpc) is 3.53. The van der Waals surface area contributed by atoms with Crippen LogP contribution in [-0.4, -0.2) is 53.6 Å². The molecule has 1 N–H and O–H groups in total. The second-order valence-corrected chi connectivity index (χ2v) is 8.85. The maximum Gasteiger partial charge on any atom is 0.255 e. The van der Waals surface area contributed by atoms with Gasteiger partial charge in [-0.2, -0.15) is 5.10 Å². The van der Waals surface area contributed by atoms with Crippen molar-refractivity contribution in [3.63, 3.8) is 0 Å². The Morgan fingerprint density at radius 2 is 2.00 bits per heavy atom. The second-order valence-electron chi connectivity index (χ2n) is 7.41. The number of hydrogen-bond donors (Lipinski definition) is 1. The van der Waals surface area contributed by atoms with E-state index < -0.39 is 6.04 Å². The van der Waals surface area contributed by atoms with Crippen LogP contribution in [0.1, 0.15) is 16.1 Å². The number of imidazole rings is 1. The first kappa shape index (κ1) is 20.6. The molecule has 1 saturated heterocycles. The summed E-state index contributed by atoms with van der Waals surface area (Å²) in [5.41, 5.74) is 2.82. The summed E-state index contributed by atoms with van der Waals surface area (Å²) < 4.78 is 3.67. The standard InChI is InChI=1S/C22H19ClN6O2S/c23-16-6-4-15(5-7-16)22(31)29-14-32-13-19(29)21(30)26-17-9-24-28(11-17)12-18-10-27-8-2-1-3-20(27)25-18/h1-11,19H,12-14H2,(H,26,30). The van der Waals surface area contributed by atoms with Crippen LogP contribution < -0.4 is 5.32 Å². The largest absolute Gasteiger partial charge is 0.322 e. The second kappa shape index (κ2) is 8.68. The third-order valence-corrected chi connectivity index (χ3v) is 6.44. The predicted octanol–water partition coefficient (Wildman–Crippen LogP) is 3.39. The Morgan fingerprint density at radius 3 is 2.81 bits per heavy atom. The van der Waals surface area contributed by atoms with E-state index in [-0.39, 0.29) is 11.8 Å². The number of fused-ring (bicyclic) bond motifs is 1. The zero-order valence-corrected chi connectivity index (χ0v) is 18.5. The van der Waals surface area contributed by atoms with Crippen LogP contribution in [0.3, 0.4) is 0 Å². The highest BCUT2D eigenvalue weighted by Crippen LogP contribution is 2.25. The van der Waals surface area contributed by atoms with Gasteiger partial charge in [0.2, 0.25) is 5.91 Å². The van der Waals surface area contributed by atoms with Gasteiger partial charge >= 0.3 is 0 Å². The van der Waals surface area contributed by atoms with Crippen LogP contribution >= 0.6 is 23.4 Å². The van der Waals surface area contributed by atoms with Crippen LogP contribution in [-0.2, 0) is 11.3 Å². The molecule has 1 fully saturated rings. The van der Waals surface area contributed by atoms with Gasteiger partial charge in [0, 0.05) is 34.9 Å². The van der Waals surface area contributed by atoms with Crippen LogP contribution in [0.2, 0.25) is 5.02 Å². The maximum absolute atomic E-state index is 12.9. The van der Waals surface area contributed by atoms with E-state index in [0.717, 1.165) is 11.3 Å². The van der Waals surface area contributed by atoms with Crippen LogP contribution in [0.4, 0.5) is 5.69 Å². The summed E-state index contributed by atoms with van der Waals surface area (Å²) >= 11 is 7.46. The number of halogens is 1. The monoisotopic (exact) mass is 466 g/mol. The molecule has 4 heterocycles. The third kappa shape index (κ3) is 4.21. The molecule has 0 saturated carbocycles. The molecule has 10 heteroatoms. The molecule has 2 amide bonds. The minimum absolute atomic E-state index is 0.186. The van der Waals surface area contributed by atoms with Gasteiger partial charge in [0.05, 0.1) is 30.0 Å². The number of nitrogens with one attached hydrogen (secondary N) is 1. The molecule has 32 heavy (non-hydrogen) atoms. The summed E-state index contributed by atoms with van der Waals surface area (Å²) in [5.74, 6) is 0.590. The normalized spacial score (nSPS) is 15.9. The molecule has 0 bridgehead atoms. The summed E-state index contributed by atoms with van der Waals surface area (Å²) in [4.78, 5) is 31.9. The topological polar surface area (TPSA) is 84.5 Å². The highest BCUT2D eigenvalue weighted by molar-refractivity contribution is 7.99. The molecule has 1 aromatic carbocycles. The number of pyridine rings is 1. The van der Waals surface area contributed by atoms with Gasteiger partial charge < -0.3 is 14.6 Å². The molecule has 8 nitrogen and oxygen atoms in total. The fourth-order valence-electron chi connectivity index (χ4n) is 3.59. The predicted molar refractivity (Wildman–Crippen MR) is 124 cm³/mol. The molecule has 1 aliphatic heterocycles. The van der Waals surface area contributed by atoms with Crippen LogP contribution in [0.15, 0.2) is 67.3 Å². The lowest BCUT2D eigenvalue weighted by molar-refractivity contribution is -0.119. The average molecular weight is 467 g/mol. The van der Waals surface area contributed by atoms with E-state index in [1.54, 1.807) is 58.0 Å². The van der Waals surface area contributed by atoms with Gasteiger partial charge in [-0.25, -0.2) is 4.98 Å². The third-order valence-electron chi connectivity index (χ3n) is 5.18. The summed E-state index contributed by atoms with van der Waals surface area (Å²) in [6.07, 6.45) is 7.25. The highest BCUT2D eigenvalue weighted by atomic mass is 35.5. The number of carbonyl (C=O) groups excluding carboxylic acids is 2. The molecule has 1 aliphatic rings. The summed E-state index contributed by atoms with van der Waals surface area (Å²) in [5, 5.41) is 7.77. The molecule has 4 aromatic rings. The number of benzene rings is 1. The zero-order valence-electron chi connectivity index (χ0n) is 16.9. The number of thioether (sulfide) groups is 1. The van der Waals surface area contributed by atoms with Crippen molar-refractivity contribution in [2.75, 3.05) is 16.9 Å². The molecular weight excluding hydrogens is 448 g/mol. The van der Waals surface area contributed by atoms with Crippen molar-refractivity contribution < 1.29 is 9.59 Å². The summed E-state index contributed by atoms with van der Waals surface area (Å²) in [7, 11) is 0. The van der Waals surface area contributed by atoms with Gasteiger partial charge in [0.1, 0.15) is 11.7 Å². The number of amides is 2. The van der Waals surface area contributed by atoms with Gasteiger partial charge in [-0.3, -0.25) is 14.3 Å². The Bertz CT molecular complexity index is 1250. The van der Waals surface area contributed by atoms with E-state index in [2.05, 4.69) is 15.4 Å². The molecule has 1 unspecified atom stereocenters. The quantitative estimate of drug-likeness (QED) is 0.487. The van der Waals surface area contributed by atoms with E-state index >= 15 is 0 Å². The van der Waals surface area contributed by atoms with Gasteiger partial charge in [-0.1, -0.05) is 17.7 Å². The fraction of sp³-hybridized carbons (Fsp3) is 0.182. The SMILES string of the molecule is O=C(Nc1cnn(Cc2cn3ccccc3n2)c1)C1CSCN1C(=O)c1ccc(Cl)cc1. The molecule has 3 aromatic heterocycles. The number of carbonyl (C=O) groups is 2. The first-order valence-corrected chi connectivity index (χ1v) is 11.5. The lowest BCUT2D eigenvalue weighted by Gasteiger charge is -2.22. The minimum Gasteiger partial charge on any atom is -0.322 e. The summed E-state index contributed by atoms with van der Waals surface area (Å²) in [6, 6.07) is 12.0. The van der Waals surface area contributed by atoms with Gasteiger partial charge in [-0.05, 0) is 36.4 Å². The first-order valence-electron chi connectivity index (χ1n) is 9.97. The lowest BCUT2D eigenvalue weighted by atomic mass is 10.1. The van der Waals surface area contributed by atoms with Crippen LogP contribution in [0, 0.1) is 0 Å². The molecule has 0 radical (unpaired) electrons. The maximum atomic E-state index is 12.9. The Kier molecular flexibility index (Phi) is 5.59. The highest BCUT2D eigenvalue weighted by Gasteiger charge is 2.35. The summed E-state index contributed by atoms with van der Waals surface area (Å²) in [6.45, 7) is 0.484. The number of rotatable bonds is 5. The smallest absolute Gasteiger partial charge is 0.255 e. The first-order chi connectivity index (χ1) is 15.6. The Morgan fingerprint density at radius 1 is 1.16 bits per heavy atom. The van der Waals surface area contributed by atoms with Crippen molar-refractivity contribution in [1.29, 1.82) is 0 Å². The van der Waals surface area contributed by atoms with E-state index in [1.807, 2.05) is 35.0 Å². The molecule has 1 atom stereocenters. The number of aromatic nitrogens is 4. The van der Waals surface area contributed by atoms with Crippen molar-refractivity contribution in [3.05, 3.63) is 83.5 Å². The minimum atomic E-state index is -0.551. The van der Waals surface area contributed by atoms with E-state index in [0.29, 0.717) is 34.4 Å². The van der Waals surface area contributed by atoms with E-state index in [4.69, 9.17) is 11.6 Å². The van der Waals surface area contributed by atoms with Gasteiger partial charge in [0.15, 0.2) is 0 Å². The molecule has 0 aliphatic carbocycles. The van der Waals surface area contributed by atoms with Gasteiger partial charge in [-0.15, -0.1) is 11.8 Å². The van der Waals surface area contributed by atoms with E-state index in [9.17, 15) is 9.59 Å². The number of anilines is 1. The van der Waals surface area contributed by atoms with Crippen LogP contribution in [0.25, 0.3) is 5.65 Å². The Labute approximate surface area is 193 Å². The molecule has 5 rings (SSSR count). The van der Waals surface area contributed by atoms with E-state index in [1.165, 1.54) is 0 Å². The van der Waals surface area contributed by atoms with Crippen molar-refractivity contribution >= 4 is 46.5 Å².